The number of piperidine rings is 1. The van der Waals surface area contributed by atoms with Crippen LogP contribution in [0.1, 0.15) is 31.2 Å². The Balaban J connectivity index is 1.53. The van der Waals surface area contributed by atoms with E-state index in [4.69, 9.17) is 0 Å². The summed E-state index contributed by atoms with van der Waals surface area (Å²) in [7, 11) is 0. The normalized spacial score (nSPS) is 25.1. The molecule has 0 N–H and O–H groups in total. The fourth-order valence-corrected chi connectivity index (χ4v) is 3.59. The number of benzene rings is 1. The number of hydrogen-bond donors (Lipinski definition) is 0. The average Bonchev–Trinajstić information content (AvgIpc) is 2.68. The molecule has 0 saturated carbocycles. The molecule has 0 radical (unpaired) electrons. The predicted octanol–water partition coefficient (Wildman–Crippen LogP) is 2.93. The van der Waals surface area contributed by atoms with Gasteiger partial charge < -0.3 is 4.90 Å². The van der Waals surface area contributed by atoms with E-state index in [1.165, 1.54) is 57.4 Å². The van der Waals surface area contributed by atoms with Crippen molar-refractivity contribution in [3.8, 4) is 0 Å². The molecule has 2 saturated heterocycles. The van der Waals surface area contributed by atoms with Gasteiger partial charge in [0.15, 0.2) is 0 Å². The molecule has 0 bridgehead atoms. The van der Waals surface area contributed by atoms with Gasteiger partial charge in [0.2, 0.25) is 0 Å². The molecular formula is C17H25FN2. The molecule has 1 unspecified atom stereocenters. The van der Waals surface area contributed by atoms with Crippen LogP contribution in [0.15, 0.2) is 24.3 Å². The van der Waals surface area contributed by atoms with E-state index >= 15 is 0 Å². The van der Waals surface area contributed by atoms with Gasteiger partial charge in [-0.1, -0.05) is 18.6 Å². The van der Waals surface area contributed by atoms with Gasteiger partial charge in [0.05, 0.1) is 0 Å². The van der Waals surface area contributed by atoms with Crippen LogP contribution in [-0.2, 0) is 6.42 Å². The Hall–Kier alpha value is -0.930. The van der Waals surface area contributed by atoms with Gasteiger partial charge in [-0.3, -0.25) is 4.90 Å². The zero-order valence-corrected chi connectivity index (χ0v) is 12.2. The van der Waals surface area contributed by atoms with E-state index in [2.05, 4.69) is 9.80 Å². The monoisotopic (exact) mass is 276 g/mol. The molecule has 0 amide bonds. The van der Waals surface area contributed by atoms with Gasteiger partial charge >= 0.3 is 0 Å². The molecule has 1 aromatic carbocycles. The van der Waals surface area contributed by atoms with Crippen molar-refractivity contribution in [3.63, 3.8) is 0 Å². The van der Waals surface area contributed by atoms with Crippen molar-refractivity contribution in [2.45, 2.75) is 38.1 Å². The fraction of sp³-hybridized carbons (Fsp3) is 0.647. The summed E-state index contributed by atoms with van der Waals surface area (Å²) < 4.78 is 12.9. The van der Waals surface area contributed by atoms with E-state index in [0.29, 0.717) is 0 Å². The topological polar surface area (TPSA) is 6.48 Å². The van der Waals surface area contributed by atoms with E-state index in [1.807, 2.05) is 12.1 Å². The highest BCUT2D eigenvalue weighted by molar-refractivity contribution is 5.16. The minimum absolute atomic E-state index is 0.138. The molecule has 2 nitrogen and oxygen atoms in total. The van der Waals surface area contributed by atoms with Crippen LogP contribution in [0.25, 0.3) is 0 Å². The van der Waals surface area contributed by atoms with Crippen molar-refractivity contribution < 1.29 is 4.39 Å². The van der Waals surface area contributed by atoms with Crippen LogP contribution in [0.4, 0.5) is 4.39 Å². The van der Waals surface area contributed by atoms with Crippen LogP contribution in [0, 0.1) is 5.82 Å². The fourth-order valence-electron chi connectivity index (χ4n) is 3.59. The number of fused-ring (bicyclic) bond motifs is 1. The predicted molar refractivity (Wildman–Crippen MR) is 80.4 cm³/mol. The van der Waals surface area contributed by atoms with E-state index in [9.17, 15) is 4.39 Å². The van der Waals surface area contributed by atoms with Gasteiger partial charge in [0.1, 0.15) is 5.82 Å². The van der Waals surface area contributed by atoms with Crippen LogP contribution in [0.2, 0.25) is 0 Å². The first-order chi connectivity index (χ1) is 9.81. The van der Waals surface area contributed by atoms with Crippen molar-refractivity contribution in [2.24, 2.45) is 0 Å². The van der Waals surface area contributed by atoms with E-state index in [1.54, 1.807) is 12.1 Å². The minimum atomic E-state index is -0.138. The maximum atomic E-state index is 12.9. The highest BCUT2D eigenvalue weighted by Gasteiger charge is 2.26. The van der Waals surface area contributed by atoms with E-state index in [-0.39, 0.29) is 5.82 Å². The Kier molecular flexibility index (Phi) is 4.69. The lowest BCUT2D eigenvalue weighted by molar-refractivity contribution is 0.137. The minimum Gasteiger partial charge on any atom is -0.301 e. The molecule has 110 valence electrons. The third kappa shape index (κ3) is 3.58. The van der Waals surface area contributed by atoms with Crippen LogP contribution >= 0.6 is 0 Å². The molecule has 2 fully saturated rings. The molecule has 3 rings (SSSR count). The second-order valence-corrected chi connectivity index (χ2v) is 6.22. The molecule has 1 atom stereocenters. The molecular weight excluding hydrogens is 251 g/mol. The molecule has 0 spiro atoms. The maximum absolute atomic E-state index is 12.9. The van der Waals surface area contributed by atoms with Gasteiger partial charge in [0.25, 0.3) is 0 Å². The van der Waals surface area contributed by atoms with Gasteiger partial charge in [-0.25, -0.2) is 4.39 Å². The Morgan fingerprint density at radius 3 is 2.65 bits per heavy atom. The number of hydrogen-bond acceptors (Lipinski definition) is 2. The summed E-state index contributed by atoms with van der Waals surface area (Å²) >= 11 is 0. The Bertz CT molecular complexity index is 418. The van der Waals surface area contributed by atoms with Gasteiger partial charge in [-0.2, -0.15) is 0 Å². The van der Waals surface area contributed by atoms with Gasteiger partial charge in [-0.15, -0.1) is 0 Å². The number of nitrogens with zero attached hydrogens (tertiary/aromatic N) is 2. The maximum Gasteiger partial charge on any atom is 0.123 e. The summed E-state index contributed by atoms with van der Waals surface area (Å²) in [5, 5.41) is 0. The first-order valence-electron chi connectivity index (χ1n) is 8.02. The number of rotatable bonds is 3. The van der Waals surface area contributed by atoms with E-state index in [0.717, 1.165) is 19.0 Å². The SMILES string of the molecule is Fc1ccc(CCN2CCCN3CCCCC3C2)cc1. The van der Waals surface area contributed by atoms with Crippen molar-refractivity contribution in [1.82, 2.24) is 9.80 Å². The smallest absolute Gasteiger partial charge is 0.123 e. The molecule has 2 aliphatic heterocycles. The van der Waals surface area contributed by atoms with Crippen molar-refractivity contribution >= 4 is 0 Å². The van der Waals surface area contributed by atoms with Crippen LogP contribution < -0.4 is 0 Å². The summed E-state index contributed by atoms with van der Waals surface area (Å²) in [4.78, 5) is 5.31. The van der Waals surface area contributed by atoms with Crippen molar-refractivity contribution in [3.05, 3.63) is 35.6 Å². The summed E-state index contributed by atoms with van der Waals surface area (Å²) in [6.07, 6.45) is 6.47. The summed E-state index contributed by atoms with van der Waals surface area (Å²) in [6, 6.07) is 7.75. The second kappa shape index (κ2) is 6.68. The molecule has 0 aromatic heterocycles. The molecule has 1 aromatic rings. The first-order valence-corrected chi connectivity index (χ1v) is 8.02. The van der Waals surface area contributed by atoms with Crippen molar-refractivity contribution in [2.75, 3.05) is 32.7 Å². The molecule has 2 heterocycles. The molecule has 0 aliphatic carbocycles. The van der Waals surface area contributed by atoms with Gasteiger partial charge in [-0.05, 0) is 63.0 Å². The highest BCUT2D eigenvalue weighted by atomic mass is 19.1. The van der Waals surface area contributed by atoms with E-state index < -0.39 is 0 Å². The largest absolute Gasteiger partial charge is 0.301 e. The van der Waals surface area contributed by atoms with Crippen LogP contribution in [-0.4, -0.2) is 48.6 Å². The molecule has 20 heavy (non-hydrogen) atoms. The van der Waals surface area contributed by atoms with Gasteiger partial charge in [0, 0.05) is 19.1 Å². The van der Waals surface area contributed by atoms with Crippen LogP contribution in [0.3, 0.4) is 0 Å². The summed E-state index contributed by atoms with van der Waals surface area (Å²) in [5.74, 6) is -0.138. The highest BCUT2D eigenvalue weighted by Crippen LogP contribution is 2.21. The van der Waals surface area contributed by atoms with Crippen molar-refractivity contribution in [1.29, 1.82) is 0 Å². The lowest BCUT2D eigenvalue weighted by atomic mass is 10.0. The van der Waals surface area contributed by atoms with Crippen LogP contribution in [0.5, 0.6) is 0 Å². The second-order valence-electron chi connectivity index (χ2n) is 6.22. The Morgan fingerprint density at radius 2 is 1.80 bits per heavy atom. The lowest BCUT2D eigenvalue weighted by Gasteiger charge is -2.35. The zero-order chi connectivity index (χ0) is 13.8. The zero-order valence-electron chi connectivity index (χ0n) is 12.2. The molecule has 3 heteroatoms. The average molecular weight is 276 g/mol. The quantitative estimate of drug-likeness (QED) is 0.837. The Morgan fingerprint density at radius 1 is 1.00 bits per heavy atom. The standard InChI is InChI=1S/C17H25FN2/c18-16-7-5-15(6-8-16)9-13-19-10-3-12-20-11-2-1-4-17(20)14-19/h5-8,17H,1-4,9-14H2. The lowest BCUT2D eigenvalue weighted by Crippen LogP contribution is -2.44. The first kappa shape index (κ1) is 14.0. The molecule has 2 aliphatic rings. The third-order valence-corrected chi connectivity index (χ3v) is 4.77. The third-order valence-electron chi connectivity index (χ3n) is 4.77. The summed E-state index contributed by atoms with van der Waals surface area (Å²) in [6.45, 7) is 6.12. The summed E-state index contributed by atoms with van der Waals surface area (Å²) in [5.41, 5.74) is 1.25. The number of halogens is 1. The Labute approximate surface area is 121 Å².